The molecule has 1 aliphatic heterocycles. The van der Waals surface area contributed by atoms with Crippen LogP contribution >= 0.6 is 0 Å². The molecule has 158 valence electrons. The summed E-state index contributed by atoms with van der Waals surface area (Å²) in [6, 6.07) is 14.9. The Bertz CT molecular complexity index is 1040. The molecule has 1 heterocycles. The van der Waals surface area contributed by atoms with Gasteiger partial charge in [0.2, 0.25) is 0 Å². The maximum absolute atomic E-state index is 12.1. The maximum atomic E-state index is 12.1. The van der Waals surface area contributed by atoms with Crippen LogP contribution in [-0.4, -0.2) is 38.1 Å². The zero-order chi connectivity index (χ0) is 21.8. The van der Waals surface area contributed by atoms with E-state index in [0.717, 1.165) is 11.1 Å². The lowest BCUT2D eigenvalue weighted by Gasteiger charge is -2.18. The molecule has 30 heavy (non-hydrogen) atoms. The van der Waals surface area contributed by atoms with Gasteiger partial charge in [-0.1, -0.05) is 45.0 Å². The molecule has 0 N–H and O–H groups in total. The van der Waals surface area contributed by atoms with Gasteiger partial charge in [0.15, 0.2) is 9.84 Å². The van der Waals surface area contributed by atoms with Crippen LogP contribution in [0.25, 0.3) is 6.08 Å². The van der Waals surface area contributed by atoms with Gasteiger partial charge < -0.3 is 4.74 Å². The van der Waals surface area contributed by atoms with E-state index in [1.54, 1.807) is 36.6 Å². The molecular weight excluding hydrogens is 398 g/mol. The van der Waals surface area contributed by atoms with Crippen molar-refractivity contribution < 1.29 is 17.9 Å². The van der Waals surface area contributed by atoms with Gasteiger partial charge in [0.25, 0.3) is 0 Å². The molecule has 1 atom stereocenters. The van der Waals surface area contributed by atoms with E-state index in [1.165, 1.54) is 11.6 Å². The standard InChI is InChI=1S/C24H27NO4S/c1-24(2,3)20-9-4-18(5-10-20)8-13-23(26)29-22-11-6-19(7-12-22)16-25-21-14-15-30(27,28)17-21/h4-13,16,21H,14-15,17H2,1-3H3/b13-8+,25-16?/t21-/m1/s1. The predicted octanol–water partition coefficient (Wildman–Crippen LogP) is 4.21. The van der Waals surface area contributed by atoms with E-state index in [0.29, 0.717) is 12.2 Å². The first-order chi connectivity index (χ1) is 14.1. The fourth-order valence-electron chi connectivity index (χ4n) is 3.12. The molecule has 1 saturated heterocycles. The Morgan fingerprint density at radius 2 is 1.67 bits per heavy atom. The second-order valence-corrected chi connectivity index (χ2v) is 10.8. The lowest BCUT2D eigenvalue weighted by Crippen LogP contribution is -2.10. The summed E-state index contributed by atoms with van der Waals surface area (Å²) in [6.45, 7) is 6.47. The number of nitrogens with zero attached hydrogens (tertiary/aromatic N) is 1. The van der Waals surface area contributed by atoms with Crippen molar-refractivity contribution in [3.05, 3.63) is 71.3 Å². The quantitative estimate of drug-likeness (QED) is 0.311. The fourth-order valence-corrected chi connectivity index (χ4v) is 4.75. The third-order valence-corrected chi connectivity index (χ3v) is 6.68. The van der Waals surface area contributed by atoms with Crippen LogP contribution in [0.3, 0.4) is 0 Å². The Kier molecular flexibility index (Phi) is 6.56. The average Bonchev–Trinajstić information content (AvgIpc) is 3.04. The zero-order valence-electron chi connectivity index (χ0n) is 17.5. The van der Waals surface area contributed by atoms with Crippen LogP contribution in [0.15, 0.2) is 59.6 Å². The minimum Gasteiger partial charge on any atom is -0.423 e. The Labute approximate surface area is 178 Å². The Hall–Kier alpha value is -2.73. The minimum atomic E-state index is -2.93. The van der Waals surface area contributed by atoms with Crippen molar-refractivity contribution in [2.75, 3.05) is 11.5 Å². The van der Waals surface area contributed by atoms with Gasteiger partial charge in [-0.3, -0.25) is 4.99 Å². The highest BCUT2D eigenvalue weighted by Crippen LogP contribution is 2.22. The van der Waals surface area contributed by atoms with Crippen LogP contribution in [0.2, 0.25) is 0 Å². The van der Waals surface area contributed by atoms with Gasteiger partial charge >= 0.3 is 5.97 Å². The maximum Gasteiger partial charge on any atom is 0.336 e. The van der Waals surface area contributed by atoms with E-state index in [2.05, 4.69) is 37.9 Å². The zero-order valence-corrected chi connectivity index (χ0v) is 18.4. The largest absolute Gasteiger partial charge is 0.423 e. The second-order valence-electron chi connectivity index (χ2n) is 8.53. The van der Waals surface area contributed by atoms with Crippen LogP contribution in [-0.2, 0) is 20.0 Å². The Morgan fingerprint density at radius 1 is 1.03 bits per heavy atom. The first-order valence-corrected chi connectivity index (χ1v) is 11.8. The van der Waals surface area contributed by atoms with Crippen LogP contribution < -0.4 is 4.74 Å². The van der Waals surface area contributed by atoms with E-state index in [1.807, 2.05) is 12.1 Å². The topological polar surface area (TPSA) is 72.8 Å². The number of hydrogen-bond donors (Lipinski definition) is 0. The van der Waals surface area contributed by atoms with E-state index < -0.39 is 15.8 Å². The van der Waals surface area contributed by atoms with Crippen LogP contribution in [0.1, 0.15) is 43.9 Å². The van der Waals surface area contributed by atoms with E-state index in [-0.39, 0.29) is 23.0 Å². The number of ether oxygens (including phenoxy) is 1. The number of rotatable bonds is 5. The lowest BCUT2D eigenvalue weighted by molar-refractivity contribution is -0.128. The lowest BCUT2D eigenvalue weighted by atomic mass is 9.87. The highest BCUT2D eigenvalue weighted by Gasteiger charge is 2.26. The van der Waals surface area contributed by atoms with Gasteiger partial charge in [-0.25, -0.2) is 13.2 Å². The van der Waals surface area contributed by atoms with Crippen molar-refractivity contribution in [1.29, 1.82) is 0 Å². The van der Waals surface area contributed by atoms with E-state index >= 15 is 0 Å². The highest BCUT2D eigenvalue weighted by atomic mass is 32.2. The summed E-state index contributed by atoms with van der Waals surface area (Å²) in [4.78, 5) is 16.4. The molecule has 0 amide bonds. The number of hydrogen-bond acceptors (Lipinski definition) is 5. The van der Waals surface area contributed by atoms with Crippen LogP contribution in [0.5, 0.6) is 5.75 Å². The average molecular weight is 426 g/mol. The summed E-state index contributed by atoms with van der Waals surface area (Å²) >= 11 is 0. The number of carbonyl (C=O) groups is 1. The van der Waals surface area contributed by atoms with Gasteiger partial charge in [-0.2, -0.15) is 0 Å². The SMILES string of the molecule is CC(C)(C)c1ccc(/C=C/C(=O)Oc2ccc(C=N[C@@H]3CCS(=O)(=O)C3)cc2)cc1. The molecule has 0 bridgehead atoms. The molecule has 0 radical (unpaired) electrons. The summed E-state index contributed by atoms with van der Waals surface area (Å²) in [5.74, 6) is 0.309. The number of benzene rings is 2. The molecule has 0 aliphatic carbocycles. The summed E-state index contributed by atoms with van der Waals surface area (Å²) in [6.07, 6.45) is 5.37. The summed E-state index contributed by atoms with van der Waals surface area (Å²) in [7, 11) is -2.93. The molecule has 5 nitrogen and oxygen atoms in total. The van der Waals surface area contributed by atoms with Gasteiger partial charge in [-0.15, -0.1) is 0 Å². The molecule has 0 unspecified atom stereocenters. The van der Waals surface area contributed by atoms with Crippen LogP contribution in [0, 0.1) is 0 Å². The molecule has 2 aromatic rings. The third kappa shape index (κ3) is 6.39. The normalized spacial score (nSPS) is 18.8. The van der Waals surface area contributed by atoms with Crippen molar-refractivity contribution in [3.63, 3.8) is 0 Å². The summed E-state index contributed by atoms with van der Waals surface area (Å²) in [5.41, 5.74) is 3.08. The van der Waals surface area contributed by atoms with Gasteiger partial charge in [0.1, 0.15) is 5.75 Å². The molecule has 3 rings (SSSR count). The third-order valence-electron chi connectivity index (χ3n) is 4.93. The number of sulfone groups is 1. The molecular formula is C24H27NO4S. The molecule has 0 saturated carbocycles. The van der Waals surface area contributed by atoms with Crippen molar-refractivity contribution in [2.45, 2.75) is 38.6 Å². The fraction of sp³-hybridized carbons (Fsp3) is 0.333. The molecule has 1 aliphatic rings. The van der Waals surface area contributed by atoms with Gasteiger partial charge in [0.05, 0.1) is 17.5 Å². The first kappa shape index (κ1) is 22.0. The summed E-state index contributed by atoms with van der Waals surface area (Å²) < 4.78 is 28.3. The predicted molar refractivity (Wildman–Crippen MR) is 121 cm³/mol. The van der Waals surface area contributed by atoms with Crippen LogP contribution in [0.4, 0.5) is 0 Å². The molecule has 2 aromatic carbocycles. The molecule has 6 heteroatoms. The number of carbonyl (C=O) groups excluding carboxylic acids is 1. The Morgan fingerprint density at radius 3 is 2.23 bits per heavy atom. The van der Waals surface area contributed by atoms with Crippen molar-refractivity contribution in [1.82, 2.24) is 0 Å². The van der Waals surface area contributed by atoms with Gasteiger partial charge in [-0.05, 0) is 58.9 Å². The minimum absolute atomic E-state index is 0.0901. The highest BCUT2D eigenvalue weighted by molar-refractivity contribution is 7.91. The second kappa shape index (κ2) is 8.96. The molecule has 1 fully saturated rings. The molecule has 0 spiro atoms. The number of esters is 1. The number of aliphatic imine (C=N–C) groups is 1. The molecule has 0 aromatic heterocycles. The van der Waals surface area contributed by atoms with Gasteiger partial charge in [0, 0.05) is 12.3 Å². The Balaban J connectivity index is 1.53. The van der Waals surface area contributed by atoms with Crippen molar-refractivity contribution in [3.8, 4) is 5.75 Å². The first-order valence-electron chi connectivity index (χ1n) is 9.95. The summed E-state index contributed by atoms with van der Waals surface area (Å²) in [5, 5.41) is 0. The monoisotopic (exact) mass is 425 g/mol. The smallest absolute Gasteiger partial charge is 0.336 e. The van der Waals surface area contributed by atoms with E-state index in [9.17, 15) is 13.2 Å². The van der Waals surface area contributed by atoms with Crippen molar-refractivity contribution >= 4 is 28.1 Å². The van der Waals surface area contributed by atoms with Crippen molar-refractivity contribution in [2.24, 2.45) is 4.99 Å². The van der Waals surface area contributed by atoms with E-state index in [4.69, 9.17) is 4.74 Å².